The smallest absolute Gasteiger partial charge is 0.237 e. The summed E-state index contributed by atoms with van der Waals surface area (Å²) in [7, 11) is -3.39. The summed E-state index contributed by atoms with van der Waals surface area (Å²) in [6, 6.07) is 7.42. The number of carbonyl (C=O) groups is 1. The first kappa shape index (κ1) is 22.3. The van der Waals surface area contributed by atoms with Crippen LogP contribution in [0.2, 0.25) is 0 Å². The van der Waals surface area contributed by atoms with Crippen molar-refractivity contribution in [3.05, 3.63) is 53.9 Å². The van der Waals surface area contributed by atoms with E-state index in [4.69, 9.17) is 0 Å². The first-order valence-corrected chi connectivity index (χ1v) is 13.0. The fraction of sp³-hybridized carbons (Fsp3) is 0.364. The van der Waals surface area contributed by atoms with Crippen LogP contribution in [0.1, 0.15) is 45.2 Å². The zero-order chi connectivity index (χ0) is 22.8. The van der Waals surface area contributed by atoms with E-state index in [2.05, 4.69) is 25.0 Å². The lowest BCUT2D eigenvalue weighted by Crippen LogP contribution is -2.39. The lowest BCUT2D eigenvalue weighted by molar-refractivity contribution is -0.122. The van der Waals surface area contributed by atoms with E-state index in [1.165, 1.54) is 11.3 Å². The summed E-state index contributed by atoms with van der Waals surface area (Å²) in [6.07, 6.45) is 7.36. The number of anilines is 2. The third-order valence-corrected chi connectivity index (χ3v) is 8.54. The van der Waals surface area contributed by atoms with E-state index in [1.54, 1.807) is 24.0 Å². The minimum atomic E-state index is -3.39. The van der Waals surface area contributed by atoms with Gasteiger partial charge in [0.1, 0.15) is 0 Å². The van der Waals surface area contributed by atoms with E-state index < -0.39 is 15.4 Å². The van der Waals surface area contributed by atoms with Gasteiger partial charge in [0.2, 0.25) is 15.9 Å². The summed E-state index contributed by atoms with van der Waals surface area (Å²) in [6.45, 7) is 3.88. The van der Waals surface area contributed by atoms with Crippen LogP contribution < -0.4 is 10.0 Å². The highest BCUT2D eigenvalue weighted by Crippen LogP contribution is 2.36. The van der Waals surface area contributed by atoms with E-state index in [-0.39, 0.29) is 11.2 Å². The van der Waals surface area contributed by atoms with Crippen molar-refractivity contribution in [2.24, 2.45) is 0 Å². The Hall–Kier alpha value is -2.85. The molecule has 4 rings (SSSR count). The van der Waals surface area contributed by atoms with Crippen LogP contribution in [0.4, 0.5) is 10.8 Å². The van der Waals surface area contributed by atoms with E-state index in [9.17, 15) is 13.2 Å². The Morgan fingerprint density at radius 1 is 1.16 bits per heavy atom. The summed E-state index contributed by atoms with van der Waals surface area (Å²) in [4.78, 5) is 26.2. The molecule has 1 aliphatic rings. The lowest BCUT2D eigenvalue weighted by atomic mass is 9.78. The topological polar surface area (TPSA) is 114 Å². The maximum atomic E-state index is 13.4. The van der Waals surface area contributed by atoms with Crippen LogP contribution in [0.15, 0.2) is 48.2 Å². The molecule has 1 aromatic carbocycles. The standard InChI is InChI=1S/C22H25N5O3S2/c1-3-22(4-2,19-14-31-21(26-19)27-32(29,30)17-9-10-17)20(28)25-16-7-5-15(6-8-16)18-13-23-11-12-24-18/h5-8,11-14,17H,3-4,9-10H2,1-2H3,(H,25,28)(H,26,27). The quantitative estimate of drug-likeness (QED) is 0.483. The number of nitrogens with zero attached hydrogens (tertiary/aromatic N) is 3. The molecule has 0 aliphatic heterocycles. The summed E-state index contributed by atoms with van der Waals surface area (Å²) < 4.78 is 27.0. The summed E-state index contributed by atoms with van der Waals surface area (Å²) in [5, 5.41) is 4.75. The van der Waals surface area contributed by atoms with Crippen molar-refractivity contribution in [1.29, 1.82) is 0 Å². The average molecular weight is 472 g/mol. The number of thiazole rings is 1. The molecule has 0 bridgehead atoms. The molecule has 2 heterocycles. The number of aromatic nitrogens is 3. The number of hydrogen-bond donors (Lipinski definition) is 2. The molecule has 32 heavy (non-hydrogen) atoms. The van der Waals surface area contributed by atoms with E-state index in [0.717, 1.165) is 11.3 Å². The van der Waals surface area contributed by atoms with Gasteiger partial charge in [-0.3, -0.25) is 19.5 Å². The molecule has 1 aliphatic carbocycles. The van der Waals surface area contributed by atoms with Gasteiger partial charge in [0.25, 0.3) is 0 Å². The van der Waals surface area contributed by atoms with Crippen LogP contribution in [-0.2, 0) is 20.2 Å². The van der Waals surface area contributed by atoms with Crippen LogP contribution in [0, 0.1) is 0 Å². The molecule has 10 heteroatoms. The van der Waals surface area contributed by atoms with Crippen molar-refractivity contribution in [3.63, 3.8) is 0 Å². The summed E-state index contributed by atoms with van der Waals surface area (Å²) in [5.74, 6) is -0.170. The zero-order valence-corrected chi connectivity index (χ0v) is 19.5. The molecule has 1 saturated carbocycles. The molecule has 0 spiro atoms. The molecule has 168 valence electrons. The van der Waals surface area contributed by atoms with Crippen molar-refractivity contribution in [2.45, 2.75) is 50.2 Å². The van der Waals surface area contributed by atoms with Crippen molar-refractivity contribution in [1.82, 2.24) is 15.0 Å². The monoisotopic (exact) mass is 471 g/mol. The van der Waals surface area contributed by atoms with Gasteiger partial charge in [-0.2, -0.15) is 0 Å². The van der Waals surface area contributed by atoms with Gasteiger partial charge in [-0.25, -0.2) is 13.4 Å². The first-order chi connectivity index (χ1) is 15.4. The molecule has 0 saturated heterocycles. The summed E-state index contributed by atoms with van der Waals surface area (Å²) in [5.41, 5.74) is 2.04. The van der Waals surface area contributed by atoms with Crippen LogP contribution in [0.25, 0.3) is 11.3 Å². The minimum Gasteiger partial charge on any atom is -0.325 e. The second kappa shape index (κ2) is 8.95. The Morgan fingerprint density at radius 3 is 2.47 bits per heavy atom. The number of rotatable bonds is 9. The van der Waals surface area contributed by atoms with Gasteiger partial charge in [-0.1, -0.05) is 26.0 Å². The highest BCUT2D eigenvalue weighted by atomic mass is 32.2. The van der Waals surface area contributed by atoms with Crippen molar-refractivity contribution in [3.8, 4) is 11.3 Å². The van der Waals surface area contributed by atoms with Crippen molar-refractivity contribution in [2.75, 3.05) is 10.0 Å². The highest BCUT2D eigenvalue weighted by Gasteiger charge is 2.40. The second-order valence-electron chi connectivity index (χ2n) is 7.80. The molecule has 2 N–H and O–H groups in total. The molecule has 1 amide bonds. The van der Waals surface area contributed by atoms with Gasteiger partial charge in [-0.15, -0.1) is 11.3 Å². The molecule has 1 fully saturated rings. The fourth-order valence-electron chi connectivity index (χ4n) is 3.60. The van der Waals surface area contributed by atoms with Gasteiger partial charge >= 0.3 is 0 Å². The van der Waals surface area contributed by atoms with Crippen LogP contribution in [0.3, 0.4) is 0 Å². The average Bonchev–Trinajstić information content (AvgIpc) is 3.58. The number of benzene rings is 1. The molecule has 0 unspecified atom stereocenters. The molecular formula is C22H25N5O3S2. The normalized spacial score (nSPS) is 14.2. The largest absolute Gasteiger partial charge is 0.325 e. The number of carbonyl (C=O) groups excluding carboxylic acids is 1. The Bertz CT molecular complexity index is 1190. The number of sulfonamides is 1. The third kappa shape index (κ3) is 4.51. The Kier molecular flexibility index (Phi) is 6.25. The predicted molar refractivity (Wildman–Crippen MR) is 126 cm³/mol. The summed E-state index contributed by atoms with van der Waals surface area (Å²) >= 11 is 1.21. The van der Waals surface area contributed by atoms with Crippen molar-refractivity contribution < 1.29 is 13.2 Å². The zero-order valence-electron chi connectivity index (χ0n) is 17.9. The first-order valence-electron chi connectivity index (χ1n) is 10.5. The van der Waals surface area contributed by atoms with E-state index in [0.29, 0.717) is 42.2 Å². The molecule has 0 radical (unpaired) electrons. The number of nitrogens with one attached hydrogen (secondary N) is 2. The molecule has 2 aromatic heterocycles. The lowest BCUT2D eigenvalue weighted by Gasteiger charge is -2.28. The highest BCUT2D eigenvalue weighted by molar-refractivity contribution is 7.93. The minimum absolute atomic E-state index is 0.170. The second-order valence-corrected chi connectivity index (χ2v) is 10.6. The number of hydrogen-bond acceptors (Lipinski definition) is 7. The van der Waals surface area contributed by atoms with Gasteiger partial charge in [0.15, 0.2) is 5.13 Å². The van der Waals surface area contributed by atoms with Crippen LogP contribution in [-0.4, -0.2) is 34.5 Å². The van der Waals surface area contributed by atoms with Crippen molar-refractivity contribution >= 4 is 38.1 Å². The maximum Gasteiger partial charge on any atom is 0.237 e. The van der Waals surface area contributed by atoms with Gasteiger partial charge in [0.05, 0.1) is 28.2 Å². The molecular weight excluding hydrogens is 446 g/mol. The predicted octanol–water partition coefficient (Wildman–Crippen LogP) is 4.20. The van der Waals surface area contributed by atoms with Gasteiger partial charge < -0.3 is 5.32 Å². The molecule has 0 atom stereocenters. The fourth-order valence-corrected chi connectivity index (χ4v) is 6.00. The van der Waals surface area contributed by atoms with E-state index >= 15 is 0 Å². The van der Waals surface area contributed by atoms with E-state index in [1.807, 2.05) is 38.1 Å². The van der Waals surface area contributed by atoms with Gasteiger partial charge in [-0.05, 0) is 37.8 Å². The maximum absolute atomic E-state index is 13.4. The Balaban J connectivity index is 1.52. The van der Waals surface area contributed by atoms with Crippen LogP contribution in [0.5, 0.6) is 0 Å². The Labute approximate surface area is 191 Å². The van der Waals surface area contributed by atoms with Crippen LogP contribution >= 0.6 is 11.3 Å². The van der Waals surface area contributed by atoms with Gasteiger partial charge in [0, 0.05) is 29.0 Å². The number of amides is 1. The Morgan fingerprint density at radius 2 is 1.88 bits per heavy atom. The third-order valence-electron chi connectivity index (χ3n) is 5.83. The molecule has 8 nitrogen and oxygen atoms in total. The molecule has 3 aromatic rings. The SMILES string of the molecule is CCC(CC)(C(=O)Nc1ccc(-c2cnccn2)cc1)c1csc(NS(=O)(=O)C2CC2)n1.